The second-order valence-corrected chi connectivity index (χ2v) is 8.18. The van der Waals surface area contributed by atoms with Gasteiger partial charge in [0.1, 0.15) is 5.58 Å². The van der Waals surface area contributed by atoms with E-state index in [0.29, 0.717) is 23.0 Å². The summed E-state index contributed by atoms with van der Waals surface area (Å²) in [5.74, 6) is 0.150. The lowest BCUT2D eigenvalue weighted by atomic mass is 10.2. The van der Waals surface area contributed by atoms with Crippen LogP contribution in [-0.4, -0.2) is 30.1 Å². The van der Waals surface area contributed by atoms with E-state index in [1.807, 2.05) is 36.4 Å². The van der Waals surface area contributed by atoms with E-state index >= 15 is 0 Å². The van der Waals surface area contributed by atoms with E-state index in [2.05, 4.69) is 13.0 Å². The van der Waals surface area contributed by atoms with Gasteiger partial charge in [0.05, 0.1) is 22.9 Å². The number of aromatic nitrogens is 1. The fourth-order valence-electron chi connectivity index (χ4n) is 3.60. The standard InChI is InChI=1S/C22H20N2O3S/c1-14-8-9-17-20(11-14)28-22(23-17)24(13-16-6-4-10-26-16)21(25)19-12-15-5-2-3-7-18(15)27-19/h2-3,5,7-9,11-12,16H,4,6,10,13H2,1H3/t16-/m1/s1. The van der Waals surface area contributed by atoms with Gasteiger partial charge >= 0.3 is 0 Å². The summed E-state index contributed by atoms with van der Waals surface area (Å²) in [6.45, 7) is 3.29. The van der Waals surface area contributed by atoms with Crippen molar-refractivity contribution in [1.29, 1.82) is 0 Å². The third kappa shape index (κ3) is 3.19. The fourth-order valence-corrected chi connectivity index (χ4v) is 4.67. The SMILES string of the molecule is Cc1ccc2nc(N(C[C@H]3CCCO3)C(=O)c3cc4ccccc4o3)sc2c1. The molecule has 0 spiro atoms. The summed E-state index contributed by atoms with van der Waals surface area (Å²) in [6.07, 6.45) is 2.01. The summed E-state index contributed by atoms with van der Waals surface area (Å²) >= 11 is 1.53. The molecule has 6 heteroatoms. The molecule has 5 rings (SSSR count). The average Bonchev–Trinajstić information content (AvgIpc) is 3.43. The van der Waals surface area contributed by atoms with Crippen molar-refractivity contribution in [3.05, 3.63) is 59.9 Å². The molecule has 28 heavy (non-hydrogen) atoms. The molecule has 2 aromatic carbocycles. The number of anilines is 1. The Morgan fingerprint density at radius 2 is 2.14 bits per heavy atom. The van der Waals surface area contributed by atoms with Crippen molar-refractivity contribution >= 4 is 43.6 Å². The monoisotopic (exact) mass is 392 g/mol. The highest BCUT2D eigenvalue weighted by Crippen LogP contribution is 2.32. The third-order valence-electron chi connectivity index (χ3n) is 5.06. The van der Waals surface area contributed by atoms with Gasteiger partial charge in [-0.15, -0.1) is 0 Å². The minimum atomic E-state index is -0.178. The zero-order valence-corrected chi connectivity index (χ0v) is 16.4. The second-order valence-electron chi connectivity index (χ2n) is 7.17. The van der Waals surface area contributed by atoms with Gasteiger partial charge in [-0.1, -0.05) is 35.6 Å². The van der Waals surface area contributed by atoms with Crippen molar-refractivity contribution in [1.82, 2.24) is 4.98 Å². The Labute approximate surface area is 166 Å². The molecule has 0 radical (unpaired) electrons. The molecule has 0 aliphatic carbocycles. The van der Waals surface area contributed by atoms with Gasteiger partial charge in [-0.3, -0.25) is 9.69 Å². The number of fused-ring (bicyclic) bond motifs is 2. The molecule has 0 bridgehead atoms. The topological polar surface area (TPSA) is 55.6 Å². The summed E-state index contributed by atoms with van der Waals surface area (Å²) in [7, 11) is 0. The predicted octanol–water partition coefficient (Wildman–Crippen LogP) is 5.18. The Kier molecular flexibility index (Phi) is 4.37. The number of carbonyl (C=O) groups is 1. The number of aryl methyl sites for hydroxylation is 1. The smallest absolute Gasteiger partial charge is 0.295 e. The van der Waals surface area contributed by atoms with Crippen LogP contribution in [0.3, 0.4) is 0 Å². The Hall–Kier alpha value is -2.70. The molecule has 1 amide bonds. The van der Waals surface area contributed by atoms with Crippen LogP contribution in [0.25, 0.3) is 21.2 Å². The van der Waals surface area contributed by atoms with E-state index in [-0.39, 0.29) is 12.0 Å². The molecule has 1 fully saturated rings. The lowest BCUT2D eigenvalue weighted by Gasteiger charge is -2.22. The molecule has 0 N–H and O–H groups in total. The molecule has 1 atom stereocenters. The number of amides is 1. The third-order valence-corrected chi connectivity index (χ3v) is 6.10. The van der Waals surface area contributed by atoms with Crippen molar-refractivity contribution in [2.75, 3.05) is 18.1 Å². The van der Waals surface area contributed by atoms with E-state index < -0.39 is 0 Å². The maximum atomic E-state index is 13.4. The number of rotatable bonds is 4. The Morgan fingerprint density at radius 3 is 2.96 bits per heavy atom. The van der Waals surface area contributed by atoms with E-state index in [9.17, 15) is 4.79 Å². The first kappa shape index (κ1) is 17.4. The van der Waals surface area contributed by atoms with E-state index in [1.54, 1.807) is 11.0 Å². The summed E-state index contributed by atoms with van der Waals surface area (Å²) in [5.41, 5.74) is 2.79. The molecule has 0 saturated carbocycles. The molecule has 5 nitrogen and oxygen atoms in total. The largest absolute Gasteiger partial charge is 0.451 e. The molecule has 2 aromatic heterocycles. The highest BCUT2D eigenvalue weighted by Gasteiger charge is 2.29. The van der Waals surface area contributed by atoms with E-state index in [1.165, 1.54) is 16.9 Å². The van der Waals surface area contributed by atoms with Crippen LogP contribution in [0.1, 0.15) is 29.0 Å². The molecule has 142 valence electrons. The maximum Gasteiger partial charge on any atom is 0.295 e. The maximum absolute atomic E-state index is 13.4. The zero-order chi connectivity index (χ0) is 19.1. The molecule has 1 aliphatic heterocycles. The van der Waals surface area contributed by atoms with Crippen molar-refractivity contribution < 1.29 is 13.9 Å². The molecule has 1 aliphatic rings. The van der Waals surface area contributed by atoms with Crippen LogP contribution in [0.2, 0.25) is 0 Å². The van der Waals surface area contributed by atoms with Crippen molar-refractivity contribution in [3.63, 3.8) is 0 Å². The van der Waals surface area contributed by atoms with Crippen LogP contribution in [0.4, 0.5) is 5.13 Å². The molecule has 0 unspecified atom stereocenters. The first-order valence-electron chi connectivity index (χ1n) is 9.46. The number of hydrogen-bond donors (Lipinski definition) is 0. The number of ether oxygens (including phenoxy) is 1. The fraction of sp³-hybridized carbons (Fsp3) is 0.273. The Balaban J connectivity index is 1.55. The summed E-state index contributed by atoms with van der Waals surface area (Å²) in [4.78, 5) is 19.8. The molecular weight excluding hydrogens is 372 g/mol. The van der Waals surface area contributed by atoms with Crippen LogP contribution < -0.4 is 4.90 Å². The number of hydrogen-bond acceptors (Lipinski definition) is 5. The minimum Gasteiger partial charge on any atom is -0.451 e. The lowest BCUT2D eigenvalue weighted by molar-refractivity contribution is 0.0896. The van der Waals surface area contributed by atoms with Gasteiger partial charge in [0.25, 0.3) is 5.91 Å². The van der Waals surface area contributed by atoms with Crippen LogP contribution in [-0.2, 0) is 4.74 Å². The summed E-state index contributed by atoms with van der Waals surface area (Å²) < 4.78 is 12.7. The minimum absolute atomic E-state index is 0.0297. The van der Waals surface area contributed by atoms with Gasteiger partial charge in [0, 0.05) is 12.0 Å². The first-order chi connectivity index (χ1) is 13.7. The number of nitrogens with zero attached hydrogens (tertiary/aromatic N) is 2. The van der Waals surface area contributed by atoms with Crippen molar-refractivity contribution in [2.24, 2.45) is 0 Å². The van der Waals surface area contributed by atoms with Gasteiger partial charge < -0.3 is 9.15 Å². The highest BCUT2D eigenvalue weighted by molar-refractivity contribution is 7.22. The van der Waals surface area contributed by atoms with Gasteiger partial charge in [0.15, 0.2) is 10.9 Å². The predicted molar refractivity (Wildman–Crippen MR) is 111 cm³/mol. The van der Waals surface area contributed by atoms with Crippen LogP contribution in [0.5, 0.6) is 0 Å². The molecule has 4 aromatic rings. The summed E-state index contributed by atoms with van der Waals surface area (Å²) in [6, 6.07) is 15.6. The van der Waals surface area contributed by atoms with Crippen LogP contribution in [0, 0.1) is 6.92 Å². The number of furan rings is 1. The van der Waals surface area contributed by atoms with Crippen LogP contribution >= 0.6 is 11.3 Å². The highest BCUT2D eigenvalue weighted by atomic mass is 32.1. The number of para-hydroxylation sites is 1. The zero-order valence-electron chi connectivity index (χ0n) is 15.6. The number of benzene rings is 2. The van der Waals surface area contributed by atoms with Gasteiger partial charge in [-0.2, -0.15) is 0 Å². The molecule has 3 heterocycles. The Bertz CT molecular complexity index is 1120. The average molecular weight is 392 g/mol. The number of carbonyl (C=O) groups excluding carboxylic acids is 1. The lowest BCUT2D eigenvalue weighted by Crippen LogP contribution is -2.37. The van der Waals surface area contributed by atoms with Gasteiger partial charge in [-0.05, 0) is 49.6 Å². The van der Waals surface area contributed by atoms with Crippen molar-refractivity contribution in [3.8, 4) is 0 Å². The van der Waals surface area contributed by atoms with Gasteiger partial charge in [0.2, 0.25) is 0 Å². The Morgan fingerprint density at radius 1 is 1.25 bits per heavy atom. The first-order valence-corrected chi connectivity index (χ1v) is 10.3. The quantitative estimate of drug-likeness (QED) is 0.480. The molecule has 1 saturated heterocycles. The molecular formula is C22H20N2O3S. The van der Waals surface area contributed by atoms with Crippen molar-refractivity contribution in [2.45, 2.75) is 25.9 Å². The van der Waals surface area contributed by atoms with E-state index in [4.69, 9.17) is 14.1 Å². The van der Waals surface area contributed by atoms with E-state index in [0.717, 1.165) is 35.1 Å². The van der Waals surface area contributed by atoms with Crippen LogP contribution in [0.15, 0.2) is 52.9 Å². The second kappa shape index (κ2) is 7.04. The van der Waals surface area contributed by atoms with Gasteiger partial charge in [-0.25, -0.2) is 4.98 Å². The summed E-state index contributed by atoms with van der Waals surface area (Å²) in [5, 5.41) is 1.60. The number of thiazole rings is 1. The normalized spacial score (nSPS) is 16.8.